The molecule has 4 aromatic rings. The molecule has 5 rings (SSSR count). The number of rotatable bonds is 9. The van der Waals surface area contributed by atoms with Crippen LogP contribution in [-0.2, 0) is 11.2 Å². The summed E-state index contributed by atoms with van der Waals surface area (Å²) in [6, 6.07) is 32.0. The highest BCUT2D eigenvalue weighted by molar-refractivity contribution is 5.81. The first-order chi connectivity index (χ1) is 18.6. The fraction of sp³-hybridized carbons (Fsp3) is 0.312. The van der Waals surface area contributed by atoms with Gasteiger partial charge < -0.3 is 14.2 Å². The first-order valence-electron chi connectivity index (χ1n) is 13.5. The Morgan fingerprint density at radius 3 is 1.97 bits per heavy atom. The Hall–Kier alpha value is -3.90. The third-order valence-electron chi connectivity index (χ3n) is 7.17. The molecule has 1 aliphatic rings. The van der Waals surface area contributed by atoms with E-state index in [1.54, 1.807) is 0 Å². The minimum absolute atomic E-state index is 0.0969. The smallest absolute Gasteiger partial charge is 0.298 e. The number of oxazole rings is 1. The maximum Gasteiger partial charge on any atom is 0.298 e. The number of nitrogens with zero attached hydrogens (tertiary/aromatic N) is 4. The minimum atomic E-state index is 0.0969. The van der Waals surface area contributed by atoms with Gasteiger partial charge >= 0.3 is 0 Å². The second kappa shape index (κ2) is 12.1. The van der Waals surface area contributed by atoms with Gasteiger partial charge in [-0.2, -0.15) is 4.98 Å². The maximum atomic E-state index is 13.3. The maximum absolute atomic E-state index is 13.3. The molecule has 0 spiro atoms. The molecule has 1 aromatic heterocycles. The fourth-order valence-corrected chi connectivity index (χ4v) is 5.21. The van der Waals surface area contributed by atoms with Gasteiger partial charge in [0.15, 0.2) is 0 Å². The number of aryl methyl sites for hydroxylation is 1. The lowest BCUT2D eigenvalue weighted by atomic mass is 9.96. The van der Waals surface area contributed by atoms with Crippen LogP contribution in [0.25, 0.3) is 11.3 Å². The van der Waals surface area contributed by atoms with E-state index < -0.39 is 0 Å². The zero-order valence-electron chi connectivity index (χ0n) is 22.3. The summed E-state index contributed by atoms with van der Waals surface area (Å²) in [4.78, 5) is 24.3. The van der Waals surface area contributed by atoms with Crippen molar-refractivity contribution in [2.45, 2.75) is 25.8 Å². The Kier molecular flexibility index (Phi) is 8.19. The minimum Gasteiger partial charge on any atom is -0.428 e. The van der Waals surface area contributed by atoms with E-state index in [1.807, 2.05) is 47.2 Å². The molecule has 1 saturated heterocycles. The highest BCUT2D eigenvalue weighted by atomic mass is 16.4. The molecule has 0 bridgehead atoms. The quantitative estimate of drug-likeness (QED) is 0.292. The van der Waals surface area contributed by atoms with Crippen LogP contribution in [0.4, 0.5) is 6.01 Å². The molecule has 3 aromatic carbocycles. The molecule has 0 atom stereocenters. The van der Waals surface area contributed by atoms with Crippen molar-refractivity contribution < 1.29 is 9.21 Å². The molecule has 0 aliphatic carbocycles. The predicted octanol–water partition coefficient (Wildman–Crippen LogP) is 5.66. The van der Waals surface area contributed by atoms with E-state index in [0.717, 1.165) is 42.9 Å². The van der Waals surface area contributed by atoms with Gasteiger partial charge in [0.2, 0.25) is 5.91 Å². The van der Waals surface area contributed by atoms with Crippen LogP contribution in [0.1, 0.15) is 36.3 Å². The van der Waals surface area contributed by atoms with Crippen LogP contribution in [0.15, 0.2) is 95.4 Å². The van der Waals surface area contributed by atoms with E-state index >= 15 is 0 Å². The lowest BCUT2D eigenvalue weighted by Gasteiger charge is -2.40. The molecule has 0 unspecified atom stereocenters. The second-order valence-electron chi connectivity index (χ2n) is 9.88. The average molecular weight is 509 g/mol. The van der Waals surface area contributed by atoms with Crippen molar-refractivity contribution >= 4 is 11.9 Å². The molecule has 2 heterocycles. The van der Waals surface area contributed by atoms with Crippen molar-refractivity contribution in [1.82, 2.24) is 14.8 Å². The van der Waals surface area contributed by atoms with Gasteiger partial charge in [-0.3, -0.25) is 9.69 Å². The number of carbonyl (C=O) groups excluding carboxylic acids is 1. The van der Waals surface area contributed by atoms with Gasteiger partial charge in [-0.15, -0.1) is 0 Å². The molecule has 38 heavy (non-hydrogen) atoms. The third kappa shape index (κ3) is 5.81. The summed E-state index contributed by atoms with van der Waals surface area (Å²) in [5, 5.41) is 0. The molecule has 6 heteroatoms. The fourth-order valence-electron chi connectivity index (χ4n) is 5.21. The normalized spacial score (nSPS) is 14.1. The van der Waals surface area contributed by atoms with Crippen LogP contribution in [0.2, 0.25) is 0 Å². The summed E-state index contributed by atoms with van der Waals surface area (Å²) < 4.78 is 6.14. The first kappa shape index (κ1) is 25.7. The summed E-state index contributed by atoms with van der Waals surface area (Å²) >= 11 is 0. The number of benzene rings is 3. The van der Waals surface area contributed by atoms with Crippen LogP contribution in [-0.4, -0.2) is 60.5 Å². The number of hydrogen-bond acceptors (Lipinski definition) is 5. The molecule has 0 saturated carbocycles. The number of hydrogen-bond donors (Lipinski definition) is 0. The van der Waals surface area contributed by atoms with Crippen molar-refractivity contribution in [3.63, 3.8) is 0 Å². The van der Waals surface area contributed by atoms with Crippen molar-refractivity contribution in [2.24, 2.45) is 0 Å². The van der Waals surface area contributed by atoms with Gasteiger partial charge in [0.25, 0.3) is 6.01 Å². The number of piperazine rings is 1. The Morgan fingerprint density at radius 1 is 0.868 bits per heavy atom. The van der Waals surface area contributed by atoms with Crippen molar-refractivity contribution in [3.8, 4) is 11.3 Å². The van der Waals surface area contributed by atoms with Crippen LogP contribution in [0.3, 0.4) is 0 Å². The van der Waals surface area contributed by atoms with Gasteiger partial charge in [-0.1, -0.05) is 97.9 Å². The first-order valence-corrected chi connectivity index (χ1v) is 13.5. The standard InChI is InChI=1S/C32H36N4O2/c1-3-13-28-30(25-14-7-4-8-15-25)33-32(38-28)34(2)24-29(37)35-20-22-36(23-21-35)31(26-16-9-5-10-17-26)27-18-11-6-12-19-27/h4-12,14-19,31H,3,13,20-24H2,1-2H3. The van der Waals surface area contributed by atoms with E-state index in [1.165, 1.54) is 11.1 Å². The van der Waals surface area contributed by atoms with E-state index in [2.05, 4.69) is 72.5 Å². The average Bonchev–Trinajstić information content (AvgIpc) is 3.39. The zero-order valence-corrected chi connectivity index (χ0v) is 22.3. The van der Waals surface area contributed by atoms with E-state index in [9.17, 15) is 4.79 Å². The highest BCUT2D eigenvalue weighted by Crippen LogP contribution is 2.30. The number of amides is 1. The highest BCUT2D eigenvalue weighted by Gasteiger charge is 2.29. The topological polar surface area (TPSA) is 52.8 Å². The lowest BCUT2D eigenvalue weighted by molar-refractivity contribution is -0.131. The Balaban J connectivity index is 1.24. The summed E-state index contributed by atoms with van der Waals surface area (Å²) in [5.74, 6) is 0.967. The molecule has 1 fully saturated rings. The lowest BCUT2D eigenvalue weighted by Crippen LogP contribution is -2.51. The SMILES string of the molecule is CCCc1oc(N(C)CC(=O)N2CCN(C(c3ccccc3)c3ccccc3)CC2)nc1-c1ccccc1. The van der Waals surface area contributed by atoms with Gasteiger partial charge in [0.1, 0.15) is 18.0 Å². The van der Waals surface area contributed by atoms with Crippen LogP contribution in [0.5, 0.6) is 0 Å². The number of aromatic nitrogens is 1. The zero-order chi connectivity index (χ0) is 26.3. The number of likely N-dealkylation sites (N-methyl/N-ethyl adjacent to an activating group) is 1. The van der Waals surface area contributed by atoms with Gasteiger partial charge in [-0.25, -0.2) is 0 Å². The van der Waals surface area contributed by atoms with Crippen molar-refractivity contribution in [2.75, 3.05) is 44.7 Å². The number of anilines is 1. The molecule has 1 amide bonds. The molecule has 1 aliphatic heterocycles. The van der Waals surface area contributed by atoms with Crippen LogP contribution in [0, 0.1) is 0 Å². The summed E-state index contributed by atoms with van der Waals surface area (Å²) in [6.45, 7) is 5.41. The Labute approximate surface area is 225 Å². The van der Waals surface area contributed by atoms with Gasteiger partial charge in [0, 0.05) is 45.2 Å². The van der Waals surface area contributed by atoms with E-state index in [0.29, 0.717) is 19.1 Å². The Bertz CT molecular complexity index is 1260. The molecule has 6 nitrogen and oxygen atoms in total. The van der Waals surface area contributed by atoms with Crippen LogP contribution >= 0.6 is 0 Å². The molecular formula is C32H36N4O2. The Morgan fingerprint density at radius 2 is 1.42 bits per heavy atom. The molecular weight excluding hydrogens is 472 g/mol. The van der Waals surface area contributed by atoms with E-state index in [-0.39, 0.29) is 18.5 Å². The van der Waals surface area contributed by atoms with Crippen molar-refractivity contribution in [1.29, 1.82) is 0 Å². The summed E-state index contributed by atoms with van der Waals surface area (Å²) in [5.41, 5.74) is 4.45. The summed E-state index contributed by atoms with van der Waals surface area (Å²) in [7, 11) is 1.88. The predicted molar refractivity (Wildman–Crippen MR) is 152 cm³/mol. The van der Waals surface area contributed by atoms with Gasteiger partial charge in [0.05, 0.1) is 6.04 Å². The number of carbonyl (C=O) groups is 1. The molecule has 0 N–H and O–H groups in total. The molecule has 0 radical (unpaired) electrons. The van der Waals surface area contributed by atoms with Crippen LogP contribution < -0.4 is 4.90 Å². The third-order valence-corrected chi connectivity index (χ3v) is 7.17. The second-order valence-corrected chi connectivity index (χ2v) is 9.88. The van der Waals surface area contributed by atoms with E-state index in [4.69, 9.17) is 9.40 Å². The van der Waals surface area contributed by atoms with Gasteiger partial charge in [-0.05, 0) is 17.5 Å². The summed E-state index contributed by atoms with van der Waals surface area (Å²) in [6.07, 6.45) is 1.78. The molecule has 196 valence electrons. The largest absolute Gasteiger partial charge is 0.428 e. The monoisotopic (exact) mass is 508 g/mol. The van der Waals surface area contributed by atoms with Crippen molar-refractivity contribution in [3.05, 3.63) is 108 Å².